The molecule has 0 radical (unpaired) electrons. The predicted octanol–water partition coefficient (Wildman–Crippen LogP) is 4.22. The van der Waals surface area contributed by atoms with E-state index in [1.54, 1.807) is 11.8 Å². The summed E-state index contributed by atoms with van der Waals surface area (Å²) in [6.07, 6.45) is 6.36. The summed E-state index contributed by atoms with van der Waals surface area (Å²) < 4.78 is 0. The average molecular weight is 478 g/mol. The maximum atomic E-state index is 13.9. The van der Waals surface area contributed by atoms with Gasteiger partial charge in [0.25, 0.3) is 5.91 Å². The second-order valence-corrected chi connectivity index (χ2v) is 10.7. The fourth-order valence-corrected chi connectivity index (χ4v) is 6.19. The van der Waals surface area contributed by atoms with Crippen LogP contribution in [0.5, 0.6) is 0 Å². The Morgan fingerprint density at radius 2 is 1.88 bits per heavy atom. The number of nitrogens with zero attached hydrogens (tertiary/aromatic N) is 1. The lowest BCUT2D eigenvalue weighted by Crippen LogP contribution is -2.50. The molecule has 7 heteroatoms. The summed E-state index contributed by atoms with van der Waals surface area (Å²) in [5.74, 6) is -0.122. The molecule has 0 aromatic heterocycles. The van der Waals surface area contributed by atoms with Crippen LogP contribution >= 0.6 is 11.8 Å². The smallest absolute Gasteiger partial charge is 0.322 e. The molecule has 1 spiro atoms. The zero-order chi connectivity index (χ0) is 23.9. The quantitative estimate of drug-likeness (QED) is 0.462. The molecule has 2 N–H and O–H groups in total. The van der Waals surface area contributed by atoms with Crippen molar-refractivity contribution in [3.63, 3.8) is 0 Å². The van der Waals surface area contributed by atoms with Gasteiger partial charge < -0.3 is 10.2 Å². The summed E-state index contributed by atoms with van der Waals surface area (Å²) in [7, 11) is 0. The van der Waals surface area contributed by atoms with Crippen molar-refractivity contribution in [1.29, 1.82) is 0 Å². The number of urea groups is 1. The van der Waals surface area contributed by atoms with Crippen LogP contribution in [0.25, 0.3) is 0 Å². The molecule has 6 nitrogen and oxygen atoms in total. The number of amides is 4. The summed E-state index contributed by atoms with van der Waals surface area (Å²) in [6, 6.07) is 15.7. The highest BCUT2D eigenvalue weighted by molar-refractivity contribution is 7.98. The van der Waals surface area contributed by atoms with Gasteiger partial charge in [0.15, 0.2) is 5.54 Å². The van der Waals surface area contributed by atoms with Crippen molar-refractivity contribution >= 4 is 29.6 Å². The molecule has 1 saturated heterocycles. The van der Waals surface area contributed by atoms with Gasteiger partial charge in [0.2, 0.25) is 5.91 Å². The molecule has 4 amide bonds. The largest absolute Gasteiger partial charge is 0.335 e. The molecule has 2 aromatic carbocycles. The maximum Gasteiger partial charge on any atom is 0.322 e. The molecular weight excluding hydrogens is 446 g/mol. The summed E-state index contributed by atoms with van der Waals surface area (Å²) in [5.41, 5.74) is 1.76. The molecule has 3 aliphatic rings. The van der Waals surface area contributed by atoms with Crippen molar-refractivity contribution in [3.05, 3.63) is 65.2 Å². The Kier molecular flexibility index (Phi) is 6.15. The molecule has 3 atom stereocenters. The number of hydrogen-bond donors (Lipinski definition) is 2. The number of benzene rings is 2. The summed E-state index contributed by atoms with van der Waals surface area (Å²) in [5, 5.41) is 5.31. The van der Waals surface area contributed by atoms with Gasteiger partial charge in [-0.15, -0.1) is 11.8 Å². The first-order valence-corrected chi connectivity index (χ1v) is 13.3. The van der Waals surface area contributed by atoms with E-state index in [-0.39, 0.29) is 30.2 Å². The van der Waals surface area contributed by atoms with Gasteiger partial charge in [0.1, 0.15) is 0 Å². The Morgan fingerprint density at radius 3 is 2.50 bits per heavy atom. The van der Waals surface area contributed by atoms with Gasteiger partial charge in [-0.2, -0.15) is 0 Å². The van der Waals surface area contributed by atoms with Crippen molar-refractivity contribution < 1.29 is 14.4 Å². The highest BCUT2D eigenvalue weighted by Gasteiger charge is 2.58. The van der Waals surface area contributed by atoms with E-state index in [9.17, 15) is 14.4 Å². The zero-order valence-corrected chi connectivity index (χ0v) is 20.5. The normalized spacial score (nSPS) is 24.4. The third-order valence-electron chi connectivity index (χ3n) is 7.99. The van der Waals surface area contributed by atoms with E-state index < -0.39 is 11.6 Å². The van der Waals surface area contributed by atoms with Crippen molar-refractivity contribution in [1.82, 2.24) is 15.5 Å². The van der Waals surface area contributed by atoms with Crippen LogP contribution in [-0.2, 0) is 28.1 Å². The summed E-state index contributed by atoms with van der Waals surface area (Å²) >= 11 is 1.70. The number of carbonyl (C=O) groups is 3. The number of nitrogens with one attached hydrogen (secondary N) is 2. The topological polar surface area (TPSA) is 78.5 Å². The lowest BCUT2D eigenvalue weighted by molar-refractivity contribution is -0.138. The van der Waals surface area contributed by atoms with Crippen molar-refractivity contribution in [3.8, 4) is 0 Å². The maximum absolute atomic E-state index is 13.9. The SMILES string of the molecule is CSc1ccc(CN(C(=O)C[C@@H]2Cc3ccccc3C23NC(=O)NC3=O)[C@@H](C)C2CCC2)cc1. The van der Waals surface area contributed by atoms with Crippen LogP contribution in [0.1, 0.15) is 49.3 Å². The van der Waals surface area contributed by atoms with Crippen molar-refractivity contribution in [2.75, 3.05) is 6.26 Å². The molecule has 5 rings (SSSR count). The van der Waals surface area contributed by atoms with Gasteiger partial charge in [-0.05, 0) is 67.2 Å². The van der Waals surface area contributed by atoms with Crippen LogP contribution < -0.4 is 10.6 Å². The van der Waals surface area contributed by atoms with E-state index in [1.165, 1.54) is 11.3 Å². The van der Waals surface area contributed by atoms with Crippen LogP contribution in [0.2, 0.25) is 0 Å². The highest BCUT2D eigenvalue weighted by Crippen LogP contribution is 2.45. The molecule has 34 heavy (non-hydrogen) atoms. The number of fused-ring (bicyclic) bond motifs is 2. The second-order valence-electron chi connectivity index (χ2n) is 9.78. The highest BCUT2D eigenvalue weighted by atomic mass is 32.2. The number of rotatable bonds is 7. The van der Waals surface area contributed by atoms with E-state index in [2.05, 4.69) is 48.1 Å². The first-order valence-electron chi connectivity index (χ1n) is 12.1. The summed E-state index contributed by atoms with van der Waals surface area (Å²) in [6.45, 7) is 2.71. The van der Waals surface area contributed by atoms with E-state index >= 15 is 0 Å². The molecule has 0 bridgehead atoms. The van der Waals surface area contributed by atoms with Gasteiger partial charge >= 0.3 is 6.03 Å². The molecule has 1 aliphatic heterocycles. The van der Waals surface area contributed by atoms with Gasteiger partial charge in [-0.3, -0.25) is 14.9 Å². The third-order valence-corrected chi connectivity index (χ3v) is 8.74. The fourth-order valence-electron chi connectivity index (χ4n) is 5.78. The van der Waals surface area contributed by atoms with Crippen LogP contribution in [0, 0.1) is 11.8 Å². The number of imide groups is 1. The van der Waals surface area contributed by atoms with E-state index in [0.29, 0.717) is 18.9 Å². The Morgan fingerprint density at radius 1 is 1.15 bits per heavy atom. The minimum Gasteiger partial charge on any atom is -0.335 e. The molecule has 178 valence electrons. The first kappa shape index (κ1) is 23.0. The molecule has 1 heterocycles. The summed E-state index contributed by atoms with van der Waals surface area (Å²) in [4.78, 5) is 42.3. The van der Waals surface area contributed by atoms with Crippen LogP contribution in [0.15, 0.2) is 53.4 Å². The lowest BCUT2D eigenvalue weighted by atomic mass is 9.78. The molecule has 2 aromatic rings. The molecular formula is C27H31N3O3S. The third kappa shape index (κ3) is 3.90. The average Bonchev–Trinajstić information content (AvgIpc) is 3.27. The Labute approximate surface area is 204 Å². The molecule has 2 fully saturated rings. The van der Waals surface area contributed by atoms with Crippen LogP contribution in [0.3, 0.4) is 0 Å². The Hall–Kier alpha value is -2.80. The number of thioether (sulfide) groups is 1. The van der Waals surface area contributed by atoms with Crippen molar-refractivity contribution in [2.45, 2.75) is 62.0 Å². The van der Waals surface area contributed by atoms with Gasteiger partial charge in [0, 0.05) is 29.8 Å². The van der Waals surface area contributed by atoms with Crippen LogP contribution in [-0.4, -0.2) is 35.0 Å². The lowest BCUT2D eigenvalue weighted by Gasteiger charge is -2.40. The van der Waals surface area contributed by atoms with Crippen molar-refractivity contribution in [2.24, 2.45) is 11.8 Å². The van der Waals surface area contributed by atoms with E-state index in [4.69, 9.17) is 0 Å². The number of hydrogen-bond acceptors (Lipinski definition) is 4. The minimum absolute atomic E-state index is 0.0412. The standard InChI is InChI=1S/C27H31N3O3S/c1-17(19-7-5-8-19)30(16-18-10-12-22(34-2)13-11-18)24(31)15-21-14-20-6-3-4-9-23(20)27(21)25(32)28-26(33)29-27/h3-4,6,9-13,17,19,21H,5,7-8,14-16H2,1-2H3,(H2,28,29,32,33)/t17-,21-,27?/m0/s1. The van der Waals surface area contributed by atoms with E-state index in [0.717, 1.165) is 29.5 Å². The molecule has 1 unspecified atom stereocenters. The fraction of sp³-hybridized carbons (Fsp3) is 0.444. The van der Waals surface area contributed by atoms with Gasteiger partial charge in [-0.25, -0.2) is 4.79 Å². The van der Waals surface area contributed by atoms with Gasteiger partial charge in [-0.1, -0.05) is 42.8 Å². The Bertz CT molecular complexity index is 1110. The Balaban J connectivity index is 1.42. The van der Waals surface area contributed by atoms with E-state index in [1.807, 2.05) is 29.2 Å². The molecule has 1 saturated carbocycles. The number of carbonyl (C=O) groups excluding carboxylic acids is 3. The first-order chi connectivity index (χ1) is 16.4. The van der Waals surface area contributed by atoms with Gasteiger partial charge in [0.05, 0.1) is 0 Å². The van der Waals surface area contributed by atoms with Crippen LogP contribution in [0.4, 0.5) is 4.79 Å². The minimum atomic E-state index is -1.17. The zero-order valence-electron chi connectivity index (χ0n) is 19.7. The predicted molar refractivity (Wildman–Crippen MR) is 132 cm³/mol. The monoisotopic (exact) mass is 477 g/mol. The second kappa shape index (κ2) is 9.10. The molecule has 2 aliphatic carbocycles.